The summed E-state index contributed by atoms with van der Waals surface area (Å²) in [5.74, 6) is -1.37. The van der Waals surface area contributed by atoms with Crippen LogP contribution in [-0.4, -0.2) is 15.5 Å². The summed E-state index contributed by atoms with van der Waals surface area (Å²) >= 11 is 0. The minimum absolute atomic E-state index is 0.0268. The molecule has 0 fully saturated rings. The third kappa shape index (κ3) is 4.29. The van der Waals surface area contributed by atoms with E-state index in [1.165, 1.54) is 6.07 Å². The van der Waals surface area contributed by atoms with Gasteiger partial charge in [-0.2, -0.15) is 0 Å². The fourth-order valence-electron chi connectivity index (χ4n) is 1.84. The highest BCUT2D eigenvalue weighted by molar-refractivity contribution is 5.55. The summed E-state index contributed by atoms with van der Waals surface area (Å²) in [7, 11) is 0. The van der Waals surface area contributed by atoms with E-state index in [0.29, 0.717) is 17.9 Å². The van der Waals surface area contributed by atoms with Crippen LogP contribution in [0.1, 0.15) is 32.2 Å². The molecule has 0 aliphatic carbocycles. The van der Waals surface area contributed by atoms with Gasteiger partial charge in [0.2, 0.25) is 0 Å². The summed E-state index contributed by atoms with van der Waals surface area (Å²) in [5, 5.41) is 3.34. The van der Waals surface area contributed by atoms with Crippen LogP contribution >= 0.6 is 0 Å². The molecule has 0 bridgehead atoms. The molecule has 0 amide bonds. The van der Waals surface area contributed by atoms with Crippen molar-refractivity contribution < 1.29 is 8.78 Å². The van der Waals surface area contributed by atoms with E-state index in [9.17, 15) is 8.78 Å². The van der Waals surface area contributed by atoms with Gasteiger partial charge in [-0.05, 0) is 52.0 Å². The van der Waals surface area contributed by atoms with Crippen LogP contribution in [0.2, 0.25) is 0 Å². The third-order valence-corrected chi connectivity index (χ3v) is 2.88. The van der Waals surface area contributed by atoms with Crippen molar-refractivity contribution >= 4 is 0 Å². The molecule has 21 heavy (non-hydrogen) atoms. The van der Waals surface area contributed by atoms with Crippen molar-refractivity contribution in [1.29, 1.82) is 0 Å². The number of nitrogens with zero attached hydrogens (tertiary/aromatic N) is 2. The number of benzene rings is 1. The van der Waals surface area contributed by atoms with Crippen molar-refractivity contribution in [2.24, 2.45) is 0 Å². The zero-order chi connectivity index (χ0) is 15.6. The summed E-state index contributed by atoms with van der Waals surface area (Å²) in [4.78, 5) is 8.71. The summed E-state index contributed by atoms with van der Waals surface area (Å²) in [6.07, 6.45) is 0. The van der Waals surface area contributed by atoms with E-state index in [0.717, 1.165) is 23.5 Å². The van der Waals surface area contributed by atoms with E-state index in [1.54, 1.807) is 0 Å². The van der Waals surface area contributed by atoms with Crippen LogP contribution in [0.3, 0.4) is 0 Å². The normalized spacial score (nSPS) is 11.7. The van der Waals surface area contributed by atoms with Crippen LogP contribution in [0, 0.1) is 18.6 Å². The second-order valence-electron chi connectivity index (χ2n) is 6.06. The zero-order valence-corrected chi connectivity index (χ0v) is 12.7. The zero-order valence-electron chi connectivity index (χ0n) is 12.7. The number of aryl methyl sites for hydroxylation is 1. The Morgan fingerprint density at radius 3 is 2.38 bits per heavy atom. The molecule has 0 saturated carbocycles. The van der Waals surface area contributed by atoms with Gasteiger partial charge in [0.05, 0.1) is 5.69 Å². The second-order valence-corrected chi connectivity index (χ2v) is 6.06. The number of hydrogen-bond donors (Lipinski definition) is 1. The average Bonchev–Trinajstić information content (AvgIpc) is 2.38. The van der Waals surface area contributed by atoms with Gasteiger partial charge in [-0.15, -0.1) is 0 Å². The molecule has 1 N–H and O–H groups in total. The molecule has 5 heteroatoms. The van der Waals surface area contributed by atoms with Crippen molar-refractivity contribution in [3.05, 3.63) is 47.3 Å². The van der Waals surface area contributed by atoms with Gasteiger partial charge in [-0.25, -0.2) is 18.7 Å². The number of rotatable bonds is 3. The first kappa shape index (κ1) is 15.5. The molecule has 0 atom stereocenters. The Kier molecular flexibility index (Phi) is 4.32. The molecule has 2 aromatic rings. The monoisotopic (exact) mass is 291 g/mol. The summed E-state index contributed by atoms with van der Waals surface area (Å²) < 4.78 is 26.3. The molecule has 112 valence electrons. The van der Waals surface area contributed by atoms with E-state index in [4.69, 9.17) is 0 Å². The van der Waals surface area contributed by atoms with Gasteiger partial charge in [0.1, 0.15) is 0 Å². The molecule has 1 aromatic carbocycles. The number of nitrogens with one attached hydrogen (secondary N) is 1. The Bertz CT molecular complexity index is 648. The SMILES string of the molecule is Cc1cc(CNC(C)(C)C)nc(-c2ccc(F)c(F)c2)n1. The first-order chi connectivity index (χ1) is 9.74. The summed E-state index contributed by atoms with van der Waals surface area (Å²) in [6.45, 7) is 8.64. The lowest BCUT2D eigenvalue weighted by Crippen LogP contribution is -2.35. The average molecular weight is 291 g/mol. The van der Waals surface area contributed by atoms with Crippen LogP contribution in [0.25, 0.3) is 11.4 Å². The van der Waals surface area contributed by atoms with E-state index in [2.05, 4.69) is 36.1 Å². The molecule has 0 spiro atoms. The van der Waals surface area contributed by atoms with Gasteiger partial charge >= 0.3 is 0 Å². The second kappa shape index (κ2) is 5.85. The minimum atomic E-state index is -0.896. The van der Waals surface area contributed by atoms with Crippen molar-refractivity contribution in [2.75, 3.05) is 0 Å². The third-order valence-electron chi connectivity index (χ3n) is 2.88. The maximum absolute atomic E-state index is 13.3. The first-order valence-corrected chi connectivity index (χ1v) is 6.79. The quantitative estimate of drug-likeness (QED) is 0.938. The molecule has 0 saturated heterocycles. The van der Waals surface area contributed by atoms with Crippen molar-refractivity contribution in [2.45, 2.75) is 39.8 Å². The molecule has 1 aromatic heterocycles. The predicted molar refractivity (Wildman–Crippen MR) is 78.7 cm³/mol. The highest BCUT2D eigenvalue weighted by atomic mass is 19.2. The van der Waals surface area contributed by atoms with Crippen LogP contribution in [0.15, 0.2) is 24.3 Å². The summed E-state index contributed by atoms with van der Waals surface area (Å²) in [6, 6.07) is 5.56. The standard InChI is InChI=1S/C16H19F2N3/c1-10-7-12(9-19-16(2,3)4)21-15(20-10)11-5-6-13(17)14(18)8-11/h5-8,19H,9H2,1-4H3. The molecular weight excluding hydrogens is 272 g/mol. The van der Waals surface area contributed by atoms with Crippen LogP contribution < -0.4 is 5.32 Å². The van der Waals surface area contributed by atoms with Gasteiger partial charge in [-0.1, -0.05) is 0 Å². The molecule has 0 unspecified atom stereocenters. The van der Waals surface area contributed by atoms with Crippen LogP contribution in [-0.2, 0) is 6.54 Å². The van der Waals surface area contributed by atoms with Crippen LogP contribution in [0.5, 0.6) is 0 Å². The van der Waals surface area contributed by atoms with E-state index in [-0.39, 0.29) is 5.54 Å². The fourth-order valence-corrected chi connectivity index (χ4v) is 1.84. The van der Waals surface area contributed by atoms with Crippen molar-refractivity contribution in [1.82, 2.24) is 15.3 Å². The lowest BCUT2D eigenvalue weighted by Gasteiger charge is -2.20. The first-order valence-electron chi connectivity index (χ1n) is 6.79. The van der Waals surface area contributed by atoms with Gasteiger partial charge in [-0.3, -0.25) is 0 Å². The van der Waals surface area contributed by atoms with Crippen molar-refractivity contribution in [3.8, 4) is 11.4 Å². The topological polar surface area (TPSA) is 37.8 Å². The molecule has 1 heterocycles. The van der Waals surface area contributed by atoms with Crippen LogP contribution in [0.4, 0.5) is 8.78 Å². The Labute approximate surface area is 123 Å². The predicted octanol–water partition coefficient (Wildman–Crippen LogP) is 3.62. The van der Waals surface area contributed by atoms with E-state index in [1.807, 2.05) is 13.0 Å². The van der Waals surface area contributed by atoms with E-state index >= 15 is 0 Å². The highest BCUT2D eigenvalue weighted by Crippen LogP contribution is 2.19. The van der Waals surface area contributed by atoms with Crippen molar-refractivity contribution in [3.63, 3.8) is 0 Å². The molecule has 0 aliphatic heterocycles. The molecule has 0 radical (unpaired) electrons. The lowest BCUT2D eigenvalue weighted by atomic mass is 10.1. The molecule has 3 nitrogen and oxygen atoms in total. The lowest BCUT2D eigenvalue weighted by molar-refractivity contribution is 0.421. The Morgan fingerprint density at radius 2 is 1.76 bits per heavy atom. The van der Waals surface area contributed by atoms with Gasteiger partial charge < -0.3 is 5.32 Å². The van der Waals surface area contributed by atoms with Gasteiger partial charge in [0.15, 0.2) is 17.5 Å². The van der Waals surface area contributed by atoms with Gasteiger partial charge in [0, 0.05) is 23.3 Å². The minimum Gasteiger partial charge on any atom is -0.306 e. The fraction of sp³-hybridized carbons (Fsp3) is 0.375. The molecule has 2 rings (SSSR count). The number of hydrogen-bond acceptors (Lipinski definition) is 3. The van der Waals surface area contributed by atoms with Gasteiger partial charge in [0.25, 0.3) is 0 Å². The highest BCUT2D eigenvalue weighted by Gasteiger charge is 2.12. The largest absolute Gasteiger partial charge is 0.306 e. The Hall–Kier alpha value is -1.88. The number of halogens is 2. The maximum Gasteiger partial charge on any atom is 0.159 e. The maximum atomic E-state index is 13.3. The number of aromatic nitrogens is 2. The molecular formula is C16H19F2N3. The molecule has 0 aliphatic rings. The Balaban J connectivity index is 2.32. The summed E-state index contributed by atoms with van der Waals surface area (Å²) in [5.41, 5.74) is 2.04. The van der Waals surface area contributed by atoms with E-state index < -0.39 is 11.6 Å². The smallest absolute Gasteiger partial charge is 0.159 e. The Morgan fingerprint density at radius 1 is 1.05 bits per heavy atom.